The van der Waals surface area contributed by atoms with Crippen LogP contribution in [0.1, 0.15) is 30.0 Å². The molecule has 2 atom stereocenters. The molecule has 116 valence electrons. The first-order chi connectivity index (χ1) is 10.2. The molecule has 0 aromatic heterocycles. The molecule has 2 unspecified atom stereocenters. The molecule has 3 rings (SSSR count). The van der Waals surface area contributed by atoms with E-state index in [1.54, 1.807) is 7.11 Å². The van der Waals surface area contributed by atoms with Crippen LogP contribution in [-0.2, 0) is 4.74 Å². The summed E-state index contributed by atoms with van der Waals surface area (Å²) in [6, 6.07) is 7.64. The molecule has 1 N–H and O–H groups in total. The van der Waals surface area contributed by atoms with Crippen LogP contribution in [0.3, 0.4) is 0 Å². The summed E-state index contributed by atoms with van der Waals surface area (Å²) in [5.74, 6) is 0.957. The van der Waals surface area contributed by atoms with Crippen LogP contribution >= 0.6 is 0 Å². The van der Waals surface area contributed by atoms with Crippen molar-refractivity contribution in [2.75, 3.05) is 33.9 Å². The van der Waals surface area contributed by atoms with Crippen molar-refractivity contribution in [3.05, 3.63) is 29.3 Å². The topological polar surface area (TPSA) is 33.7 Å². The highest BCUT2D eigenvalue weighted by Gasteiger charge is 2.41. The van der Waals surface area contributed by atoms with Gasteiger partial charge in [-0.2, -0.15) is 0 Å². The lowest BCUT2D eigenvalue weighted by Gasteiger charge is -2.42. The number of ether oxygens (including phenoxy) is 2. The monoisotopic (exact) mass is 290 g/mol. The van der Waals surface area contributed by atoms with Gasteiger partial charge in [0.15, 0.2) is 0 Å². The second kappa shape index (κ2) is 6.34. The molecule has 0 radical (unpaired) electrons. The molecule has 21 heavy (non-hydrogen) atoms. The van der Waals surface area contributed by atoms with Gasteiger partial charge in [0.1, 0.15) is 5.75 Å². The molecular weight excluding hydrogens is 264 g/mol. The maximum atomic E-state index is 6.05. The molecule has 0 spiro atoms. The number of hydrogen-bond donors (Lipinski definition) is 1. The zero-order valence-corrected chi connectivity index (χ0v) is 13.3. The largest absolute Gasteiger partial charge is 0.496 e. The van der Waals surface area contributed by atoms with Gasteiger partial charge in [-0.15, -0.1) is 0 Å². The number of methoxy groups -OCH3 is 1. The van der Waals surface area contributed by atoms with Gasteiger partial charge in [-0.05, 0) is 44.0 Å². The molecule has 2 aliphatic rings. The van der Waals surface area contributed by atoms with E-state index < -0.39 is 0 Å². The maximum Gasteiger partial charge on any atom is 0.121 e. The van der Waals surface area contributed by atoms with Crippen LogP contribution in [0.15, 0.2) is 18.2 Å². The Morgan fingerprint density at radius 1 is 1.38 bits per heavy atom. The third-order valence-corrected chi connectivity index (χ3v) is 4.57. The van der Waals surface area contributed by atoms with Gasteiger partial charge in [-0.3, -0.25) is 4.90 Å². The highest BCUT2D eigenvalue weighted by Crippen LogP contribution is 2.39. The van der Waals surface area contributed by atoms with Crippen molar-refractivity contribution in [1.82, 2.24) is 10.2 Å². The molecule has 1 saturated carbocycles. The number of aryl methyl sites for hydroxylation is 1. The summed E-state index contributed by atoms with van der Waals surface area (Å²) in [6.45, 7) is 4.88. The molecule has 1 aromatic carbocycles. The number of nitrogens with zero attached hydrogens (tertiary/aromatic N) is 1. The third-order valence-electron chi connectivity index (χ3n) is 4.57. The van der Waals surface area contributed by atoms with Gasteiger partial charge in [0, 0.05) is 19.1 Å². The second-order valence-corrected chi connectivity index (χ2v) is 6.11. The number of rotatable bonds is 5. The van der Waals surface area contributed by atoms with Crippen LogP contribution in [0.2, 0.25) is 0 Å². The quantitative estimate of drug-likeness (QED) is 0.901. The van der Waals surface area contributed by atoms with E-state index in [0.717, 1.165) is 31.5 Å². The first kappa shape index (κ1) is 14.8. The fourth-order valence-electron chi connectivity index (χ4n) is 3.43. The minimum Gasteiger partial charge on any atom is -0.496 e. The first-order valence-electron chi connectivity index (χ1n) is 7.91. The van der Waals surface area contributed by atoms with Gasteiger partial charge in [0.25, 0.3) is 0 Å². The Kier molecular flexibility index (Phi) is 4.48. The molecule has 4 heteroatoms. The van der Waals surface area contributed by atoms with Crippen LogP contribution < -0.4 is 10.1 Å². The molecule has 2 fully saturated rings. The van der Waals surface area contributed by atoms with Crippen LogP contribution in [0, 0.1) is 6.92 Å². The van der Waals surface area contributed by atoms with Crippen LogP contribution in [-0.4, -0.2) is 50.9 Å². The van der Waals surface area contributed by atoms with Crippen molar-refractivity contribution in [3.8, 4) is 5.75 Å². The average molecular weight is 290 g/mol. The zero-order chi connectivity index (χ0) is 14.8. The fourth-order valence-corrected chi connectivity index (χ4v) is 3.43. The number of morpholine rings is 1. The van der Waals surface area contributed by atoms with E-state index in [9.17, 15) is 0 Å². The zero-order valence-electron chi connectivity index (χ0n) is 13.3. The Bertz CT molecular complexity index is 486. The molecule has 1 aliphatic carbocycles. The van der Waals surface area contributed by atoms with Crippen molar-refractivity contribution in [2.45, 2.75) is 38.0 Å². The van der Waals surface area contributed by atoms with E-state index >= 15 is 0 Å². The van der Waals surface area contributed by atoms with Crippen LogP contribution in [0.25, 0.3) is 0 Å². The van der Waals surface area contributed by atoms with Crippen molar-refractivity contribution >= 4 is 0 Å². The van der Waals surface area contributed by atoms with Crippen LogP contribution in [0.4, 0.5) is 0 Å². The smallest absolute Gasteiger partial charge is 0.121 e. The fraction of sp³-hybridized carbons (Fsp3) is 0.647. The number of benzene rings is 1. The van der Waals surface area contributed by atoms with Gasteiger partial charge >= 0.3 is 0 Å². The molecule has 4 nitrogen and oxygen atoms in total. The normalized spacial score (nSPS) is 26.8. The minimum atomic E-state index is 0.220. The number of nitrogens with one attached hydrogen (secondary N) is 1. The van der Waals surface area contributed by atoms with Crippen molar-refractivity contribution < 1.29 is 9.47 Å². The highest BCUT2D eigenvalue weighted by atomic mass is 16.5. The van der Waals surface area contributed by atoms with Crippen LogP contribution in [0.5, 0.6) is 5.75 Å². The molecule has 1 aliphatic heterocycles. The summed E-state index contributed by atoms with van der Waals surface area (Å²) in [5, 5.41) is 3.28. The Hall–Kier alpha value is -1.10. The van der Waals surface area contributed by atoms with E-state index in [4.69, 9.17) is 9.47 Å². The van der Waals surface area contributed by atoms with Gasteiger partial charge in [0.05, 0.1) is 25.9 Å². The SMILES string of the molecule is CNCC1OCCN(C2CC2)C1c1ccc(OC)c(C)c1. The van der Waals surface area contributed by atoms with E-state index in [1.807, 2.05) is 7.05 Å². The standard InChI is InChI=1S/C17H26N2O2/c1-12-10-13(4-7-15(12)20-3)17-16(11-18-2)21-9-8-19(17)14-5-6-14/h4,7,10,14,16-18H,5-6,8-9,11H2,1-3H3. The molecule has 1 saturated heterocycles. The first-order valence-corrected chi connectivity index (χ1v) is 7.91. The highest BCUT2D eigenvalue weighted by molar-refractivity contribution is 5.38. The Morgan fingerprint density at radius 2 is 2.19 bits per heavy atom. The van der Waals surface area contributed by atoms with E-state index in [1.165, 1.54) is 24.0 Å². The maximum absolute atomic E-state index is 6.05. The third kappa shape index (κ3) is 3.07. The van der Waals surface area contributed by atoms with E-state index in [2.05, 4.69) is 35.3 Å². The predicted molar refractivity (Wildman–Crippen MR) is 83.9 cm³/mol. The van der Waals surface area contributed by atoms with E-state index in [0.29, 0.717) is 6.04 Å². The lowest BCUT2D eigenvalue weighted by Crippen LogP contribution is -2.49. The van der Waals surface area contributed by atoms with Gasteiger partial charge in [-0.25, -0.2) is 0 Å². The van der Waals surface area contributed by atoms with Crippen molar-refractivity contribution in [3.63, 3.8) is 0 Å². The summed E-state index contributed by atoms with van der Waals surface area (Å²) >= 11 is 0. The number of likely N-dealkylation sites (N-methyl/N-ethyl adjacent to an activating group) is 1. The predicted octanol–water partition coefficient (Wildman–Crippen LogP) is 2.13. The Balaban J connectivity index is 1.90. The van der Waals surface area contributed by atoms with Crippen molar-refractivity contribution in [2.24, 2.45) is 0 Å². The van der Waals surface area contributed by atoms with Crippen molar-refractivity contribution in [1.29, 1.82) is 0 Å². The molecule has 0 bridgehead atoms. The van der Waals surface area contributed by atoms with Gasteiger partial charge in [0.2, 0.25) is 0 Å². The summed E-state index contributed by atoms with van der Waals surface area (Å²) < 4.78 is 11.4. The molecule has 0 amide bonds. The summed E-state index contributed by atoms with van der Waals surface area (Å²) in [6.07, 6.45) is 2.88. The van der Waals surface area contributed by atoms with E-state index in [-0.39, 0.29) is 6.10 Å². The lowest BCUT2D eigenvalue weighted by molar-refractivity contribution is -0.0740. The Morgan fingerprint density at radius 3 is 2.81 bits per heavy atom. The minimum absolute atomic E-state index is 0.220. The summed E-state index contributed by atoms with van der Waals surface area (Å²) in [5.41, 5.74) is 2.54. The summed E-state index contributed by atoms with van der Waals surface area (Å²) in [4.78, 5) is 2.65. The molecule has 1 aromatic rings. The number of hydrogen-bond acceptors (Lipinski definition) is 4. The molecular formula is C17H26N2O2. The Labute approximate surface area is 127 Å². The second-order valence-electron chi connectivity index (χ2n) is 6.11. The van der Waals surface area contributed by atoms with Gasteiger partial charge < -0.3 is 14.8 Å². The molecule has 1 heterocycles. The summed E-state index contributed by atoms with van der Waals surface area (Å²) in [7, 11) is 3.72. The van der Waals surface area contributed by atoms with Gasteiger partial charge in [-0.1, -0.05) is 12.1 Å². The average Bonchev–Trinajstić information content (AvgIpc) is 3.32. The lowest BCUT2D eigenvalue weighted by atomic mass is 9.95.